The number of hydrogen-bond donors (Lipinski definition) is 1. The van der Waals surface area contributed by atoms with Gasteiger partial charge in [-0.15, -0.1) is 11.8 Å². The van der Waals surface area contributed by atoms with E-state index >= 15 is 0 Å². The molecule has 0 saturated carbocycles. The van der Waals surface area contributed by atoms with Crippen molar-refractivity contribution in [3.8, 4) is 5.75 Å². The Balaban J connectivity index is 1.29. The summed E-state index contributed by atoms with van der Waals surface area (Å²) in [4.78, 5) is 40.4. The van der Waals surface area contributed by atoms with Crippen LogP contribution in [0.2, 0.25) is 0 Å². The average Bonchev–Trinajstić information content (AvgIpc) is 3.19. The molecule has 1 N–H and O–H groups in total. The minimum Gasteiger partial charge on any atom is -0.488 e. The largest absolute Gasteiger partial charge is 0.488 e. The van der Waals surface area contributed by atoms with Crippen molar-refractivity contribution in [2.24, 2.45) is 0 Å². The first-order chi connectivity index (χ1) is 18.5. The van der Waals surface area contributed by atoms with E-state index in [9.17, 15) is 14.4 Å². The molecule has 0 unspecified atom stereocenters. The van der Waals surface area contributed by atoms with Crippen molar-refractivity contribution < 1.29 is 19.1 Å². The molecule has 8 heteroatoms. The van der Waals surface area contributed by atoms with Gasteiger partial charge in [-0.25, -0.2) is 0 Å². The SMILES string of the molecule is CSc1cccc(NC(=O)CN2C(=O)S/C(=C\c3ccccc3OCc3cccc4ccccc34)C2=O)c1. The van der Waals surface area contributed by atoms with Gasteiger partial charge in [0.2, 0.25) is 5.91 Å². The lowest BCUT2D eigenvalue weighted by atomic mass is 10.1. The molecule has 1 aliphatic heterocycles. The third-order valence-electron chi connectivity index (χ3n) is 6.00. The fourth-order valence-corrected chi connectivity index (χ4v) is 5.42. The van der Waals surface area contributed by atoms with Crippen molar-refractivity contribution in [2.45, 2.75) is 11.5 Å². The number of carbonyl (C=O) groups excluding carboxylic acids is 3. The third kappa shape index (κ3) is 5.77. The van der Waals surface area contributed by atoms with Crippen LogP contribution in [-0.4, -0.2) is 34.8 Å². The van der Waals surface area contributed by atoms with E-state index in [0.29, 0.717) is 23.6 Å². The molecule has 0 radical (unpaired) electrons. The Morgan fingerprint density at radius 2 is 1.74 bits per heavy atom. The van der Waals surface area contributed by atoms with Crippen LogP contribution in [-0.2, 0) is 16.2 Å². The number of fused-ring (bicyclic) bond motifs is 1. The minimum atomic E-state index is -0.503. The fraction of sp³-hybridized carbons (Fsp3) is 0.100. The van der Waals surface area contributed by atoms with Crippen LogP contribution < -0.4 is 10.1 Å². The summed E-state index contributed by atoms with van der Waals surface area (Å²) in [5, 5.41) is 4.53. The zero-order valence-corrected chi connectivity index (χ0v) is 22.2. The highest BCUT2D eigenvalue weighted by molar-refractivity contribution is 8.18. The average molecular weight is 541 g/mol. The second kappa shape index (κ2) is 11.6. The fourth-order valence-electron chi connectivity index (χ4n) is 4.13. The number of anilines is 1. The Labute approximate surface area is 229 Å². The summed E-state index contributed by atoms with van der Waals surface area (Å²) in [7, 11) is 0. The van der Waals surface area contributed by atoms with Gasteiger partial charge < -0.3 is 10.1 Å². The number of ether oxygens (including phenoxy) is 1. The predicted octanol–water partition coefficient (Wildman–Crippen LogP) is 6.82. The molecule has 0 atom stereocenters. The molecule has 1 saturated heterocycles. The Bertz CT molecular complexity index is 1560. The summed E-state index contributed by atoms with van der Waals surface area (Å²) in [6, 6.07) is 28.9. The molecule has 0 bridgehead atoms. The van der Waals surface area contributed by atoms with Gasteiger partial charge >= 0.3 is 0 Å². The maximum atomic E-state index is 13.0. The van der Waals surface area contributed by atoms with E-state index in [4.69, 9.17) is 4.74 Å². The molecule has 0 aromatic heterocycles. The molecule has 4 aromatic rings. The van der Waals surface area contributed by atoms with E-state index in [1.54, 1.807) is 23.9 Å². The van der Waals surface area contributed by atoms with E-state index in [1.165, 1.54) is 0 Å². The Morgan fingerprint density at radius 1 is 0.974 bits per heavy atom. The van der Waals surface area contributed by atoms with Crippen LogP contribution in [0.25, 0.3) is 16.8 Å². The normalized spacial score (nSPS) is 14.3. The van der Waals surface area contributed by atoms with Gasteiger partial charge in [-0.3, -0.25) is 19.3 Å². The van der Waals surface area contributed by atoms with Crippen molar-refractivity contribution in [3.63, 3.8) is 0 Å². The third-order valence-corrected chi connectivity index (χ3v) is 7.63. The molecule has 38 heavy (non-hydrogen) atoms. The standard InChI is InChI=1S/C30H24N2O4S2/c1-37-24-13-7-12-23(17-24)31-28(33)18-32-29(34)27(38-30(32)35)16-21-9-3-5-15-26(21)36-19-22-11-6-10-20-8-2-4-14-25(20)22/h2-17H,18-19H2,1H3,(H,31,33)/b27-16-. The topological polar surface area (TPSA) is 75.7 Å². The van der Waals surface area contributed by atoms with Gasteiger partial charge in [0.25, 0.3) is 11.1 Å². The number of carbonyl (C=O) groups is 3. The zero-order valence-electron chi connectivity index (χ0n) is 20.5. The number of nitrogens with one attached hydrogen (secondary N) is 1. The first kappa shape index (κ1) is 25.6. The van der Waals surface area contributed by atoms with Crippen molar-refractivity contribution in [2.75, 3.05) is 18.1 Å². The minimum absolute atomic E-state index is 0.244. The zero-order chi connectivity index (χ0) is 26.5. The summed E-state index contributed by atoms with van der Waals surface area (Å²) in [5.74, 6) is -0.346. The number of benzene rings is 4. The molecule has 5 rings (SSSR count). The van der Waals surface area contributed by atoms with Gasteiger partial charge in [0.05, 0.1) is 4.91 Å². The van der Waals surface area contributed by atoms with Gasteiger partial charge in [0.1, 0.15) is 18.9 Å². The Morgan fingerprint density at radius 3 is 2.61 bits per heavy atom. The van der Waals surface area contributed by atoms with Crippen LogP contribution in [0.3, 0.4) is 0 Å². The molecule has 190 valence electrons. The monoisotopic (exact) mass is 540 g/mol. The second-order valence-corrected chi connectivity index (χ2v) is 10.4. The highest BCUT2D eigenvalue weighted by Gasteiger charge is 2.36. The van der Waals surface area contributed by atoms with Gasteiger partial charge in [-0.1, -0.05) is 66.7 Å². The van der Waals surface area contributed by atoms with Gasteiger partial charge in [0.15, 0.2) is 0 Å². The van der Waals surface area contributed by atoms with Crippen LogP contribution in [0.5, 0.6) is 5.75 Å². The Hall–Kier alpha value is -4.01. The highest BCUT2D eigenvalue weighted by atomic mass is 32.2. The molecule has 0 spiro atoms. The molecule has 3 amide bonds. The lowest BCUT2D eigenvalue weighted by Crippen LogP contribution is -2.36. The van der Waals surface area contributed by atoms with Crippen molar-refractivity contribution in [1.82, 2.24) is 4.90 Å². The molecule has 1 heterocycles. The summed E-state index contributed by atoms with van der Waals surface area (Å²) >= 11 is 2.37. The lowest BCUT2D eigenvalue weighted by Gasteiger charge is -2.13. The van der Waals surface area contributed by atoms with Crippen LogP contribution in [0.1, 0.15) is 11.1 Å². The first-order valence-corrected chi connectivity index (χ1v) is 13.9. The van der Waals surface area contributed by atoms with E-state index in [2.05, 4.69) is 23.5 Å². The molecule has 1 aliphatic rings. The summed E-state index contributed by atoms with van der Waals surface area (Å²) in [6.07, 6.45) is 3.59. The summed E-state index contributed by atoms with van der Waals surface area (Å²) in [5.41, 5.74) is 2.34. The summed E-state index contributed by atoms with van der Waals surface area (Å²) in [6.45, 7) is -0.00365. The van der Waals surface area contributed by atoms with Crippen LogP contribution in [0.15, 0.2) is 101 Å². The first-order valence-electron chi connectivity index (χ1n) is 11.9. The number of imide groups is 1. The van der Waals surface area contributed by atoms with E-state index < -0.39 is 17.1 Å². The lowest BCUT2D eigenvalue weighted by molar-refractivity contribution is -0.127. The molecule has 1 fully saturated rings. The maximum Gasteiger partial charge on any atom is 0.294 e. The smallest absolute Gasteiger partial charge is 0.294 e. The van der Waals surface area contributed by atoms with Gasteiger partial charge in [0, 0.05) is 16.1 Å². The highest BCUT2D eigenvalue weighted by Crippen LogP contribution is 2.34. The molecule has 6 nitrogen and oxygen atoms in total. The van der Waals surface area contributed by atoms with Gasteiger partial charge in [-0.2, -0.15) is 0 Å². The van der Waals surface area contributed by atoms with Crippen LogP contribution in [0, 0.1) is 0 Å². The predicted molar refractivity (Wildman–Crippen MR) is 154 cm³/mol. The van der Waals surface area contributed by atoms with E-state index in [0.717, 1.165) is 37.9 Å². The molecular weight excluding hydrogens is 516 g/mol. The number of nitrogens with zero attached hydrogens (tertiary/aromatic N) is 1. The quantitative estimate of drug-likeness (QED) is 0.195. The maximum absolute atomic E-state index is 13.0. The molecule has 4 aromatic carbocycles. The van der Waals surface area contributed by atoms with Crippen LogP contribution in [0.4, 0.5) is 10.5 Å². The number of thioether (sulfide) groups is 2. The number of amides is 3. The second-order valence-electron chi connectivity index (χ2n) is 8.51. The van der Waals surface area contributed by atoms with Crippen molar-refractivity contribution in [1.29, 1.82) is 0 Å². The van der Waals surface area contributed by atoms with Crippen LogP contribution >= 0.6 is 23.5 Å². The van der Waals surface area contributed by atoms with E-state index in [1.807, 2.05) is 73.0 Å². The van der Waals surface area contributed by atoms with E-state index in [-0.39, 0.29) is 11.4 Å². The number of rotatable bonds is 8. The molecular formula is C30H24N2O4S2. The number of hydrogen-bond acceptors (Lipinski definition) is 6. The number of para-hydroxylation sites is 1. The van der Waals surface area contributed by atoms with Crippen molar-refractivity contribution >= 4 is 63.1 Å². The van der Waals surface area contributed by atoms with Gasteiger partial charge in [-0.05, 0) is 64.7 Å². The Kier molecular flexibility index (Phi) is 7.81. The summed E-state index contributed by atoms with van der Waals surface area (Å²) < 4.78 is 6.15. The molecule has 0 aliphatic carbocycles. The van der Waals surface area contributed by atoms with Crippen molar-refractivity contribution in [3.05, 3.63) is 107 Å².